The van der Waals surface area contributed by atoms with Crippen LogP contribution in [0.4, 0.5) is 4.79 Å². The first-order valence-corrected chi connectivity index (χ1v) is 7.40. The number of carboxylic acid groups (broad SMARTS) is 1. The van der Waals surface area contributed by atoms with E-state index in [1.165, 1.54) is 11.0 Å². The summed E-state index contributed by atoms with van der Waals surface area (Å²) in [7, 11) is 0. The number of hydrogen-bond donors (Lipinski definition) is 1. The van der Waals surface area contributed by atoms with Crippen molar-refractivity contribution in [2.75, 3.05) is 19.7 Å². The van der Waals surface area contributed by atoms with Crippen molar-refractivity contribution in [3.8, 4) is 0 Å². The lowest BCUT2D eigenvalue weighted by molar-refractivity contribution is -0.149. The van der Waals surface area contributed by atoms with Crippen molar-refractivity contribution in [2.45, 2.75) is 52.7 Å². The van der Waals surface area contributed by atoms with E-state index in [2.05, 4.69) is 0 Å². The summed E-state index contributed by atoms with van der Waals surface area (Å²) >= 11 is 0. The normalized spacial score (nSPS) is 23.6. The van der Waals surface area contributed by atoms with Crippen molar-refractivity contribution in [2.24, 2.45) is 5.41 Å². The molecule has 0 spiro atoms. The number of nitrogens with zero attached hydrogens (tertiary/aromatic N) is 1. The highest BCUT2D eigenvalue weighted by Crippen LogP contribution is 2.38. The van der Waals surface area contributed by atoms with Crippen LogP contribution in [0, 0.1) is 5.41 Å². The Labute approximate surface area is 132 Å². The van der Waals surface area contributed by atoms with Crippen LogP contribution in [0.25, 0.3) is 0 Å². The Bertz CT molecular complexity index is 458. The van der Waals surface area contributed by atoms with Crippen LogP contribution in [0.3, 0.4) is 0 Å². The Balaban J connectivity index is 2.99. The Morgan fingerprint density at radius 3 is 2.27 bits per heavy atom. The number of hydrogen-bond acceptors (Lipinski definition) is 4. The maximum atomic E-state index is 11.9. The number of carbonyl (C=O) groups is 2. The zero-order valence-corrected chi connectivity index (χ0v) is 14.3. The van der Waals surface area contributed by atoms with Crippen LogP contribution in [-0.4, -0.2) is 53.0 Å². The van der Waals surface area contributed by atoms with Crippen LogP contribution in [0.5, 0.6) is 0 Å². The number of carbonyl (C=O) groups excluding carboxylic acids is 1. The van der Waals surface area contributed by atoms with Gasteiger partial charge in [-0.25, -0.2) is 9.59 Å². The first-order valence-electron chi connectivity index (χ1n) is 7.40. The molecule has 0 bridgehead atoms. The van der Waals surface area contributed by atoms with Gasteiger partial charge in [0.05, 0.1) is 13.2 Å². The Kier molecular flexibility index (Phi) is 5.28. The number of amides is 1. The number of esters is 1. The predicted molar refractivity (Wildman–Crippen MR) is 82.7 cm³/mol. The highest BCUT2D eigenvalue weighted by atomic mass is 16.6. The summed E-state index contributed by atoms with van der Waals surface area (Å²) in [5.41, 5.74) is -1.81. The number of rotatable bonds is 2. The molecule has 0 radical (unpaired) electrons. The number of ether oxygens (including phenoxy) is 2. The van der Waals surface area contributed by atoms with E-state index in [0.717, 1.165) is 0 Å². The zero-order valence-electron chi connectivity index (χ0n) is 14.3. The van der Waals surface area contributed by atoms with Gasteiger partial charge in [0.2, 0.25) is 0 Å². The molecule has 6 heteroatoms. The van der Waals surface area contributed by atoms with Crippen LogP contribution in [0.2, 0.25) is 0 Å². The molecule has 1 atom stereocenters. The maximum absolute atomic E-state index is 11.9. The molecule has 1 N–H and O–H groups in total. The molecule has 1 aliphatic rings. The molecule has 1 unspecified atom stereocenters. The molecular formula is C16H27NO5. The summed E-state index contributed by atoms with van der Waals surface area (Å²) in [6.07, 6.45) is 1.99. The van der Waals surface area contributed by atoms with Gasteiger partial charge in [0.15, 0.2) is 0 Å². The van der Waals surface area contributed by atoms with Gasteiger partial charge in [-0.15, -0.1) is 0 Å². The van der Waals surface area contributed by atoms with E-state index >= 15 is 0 Å². The molecule has 1 rings (SSSR count). The molecule has 1 heterocycles. The van der Waals surface area contributed by atoms with E-state index in [4.69, 9.17) is 9.47 Å². The first-order chi connectivity index (χ1) is 9.86. The standard InChI is InChI=1S/C16H27NO5/c1-14(2,3)16(8-7-12(18)22-15(4,5)6)11-17(13(19)20)9-10-21-16/h7-8H,9-11H2,1-6H3,(H,19,20). The summed E-state index contributed by atoms with van der Waals surface area (Å²) in [6, 6.07) is 0. The summed E-state index contributed by atoms with van der Waals surface area (Å²) < 4.78 is 11.1. The molecule has 1 saturated heterocycles. The van der Waals surface area contributed by atoms with E-state index in [0.29, 0.717) is 13.2 Å². The van der Waals surface area contributed by atoms with Gasteiger partial charge >= 0.3 is 12.1 Å². The summed E-state index contributed by atoms with van der Waals surface area (Å²) in [5, 5.41) is 9.22. The van der Waals surface area contributed by atoms with Gasteiger partial charge < -0.3 is 19.5 Å². The van der Waals surface area contributed by atoms with Crippen molar-refractivity contribution in [3.63, 3.8) is 0 Å². The lowest BCUT2D eigenvalue weighted by atomic mass is 9.75. The van der Waals surface area contributed by atoms with Gasteiger partial charge in [-0.3, -0.25) is 0 Å². The molecule has 0 aromatic rings. The van der Waals surface area contributed by atoms with Crippen LogP contribution in [0.15, 0.2) is 12.2 Å². The molecule has 126 valence electrons. The van der Waals surface area contributed by atoms with Gasteiger partial charge in [0.1, 0.15) is 11.2 Å². The average Bonchev–Trinajstić information content (AvgIpc) is 2.33. The van der Waals surface area contributed by atoms with E-state index in [-0.39, 0.29) is 12.0 Å². The van der Waals surface area contributed by atoms with E-state index < -0.39 is 23.3 Å². The van der Waals surface area contributed by atoms with Crippen molar-refractivity contribution in [3.05, 3.63) is 12.2 Å². The Morgan fingerprint density at radius 2 is 1.82 bits per heavy atom. The molecule has 1 amide bonds. The topological polar surface area (TPSA) is 76.1 Å². The smallest absolute Gasteiger partial charge is 0.407 e. The lowest BCUT2D eigenvalue weighted by Gasteiger charge is -2.47. The van der Waals surface area contributed by atoms with Crippen molar-refractivity contribution < 1.29 is 24.2 Å². The largest absolute Gasteiger partial charge is 0.465 e. The molecule has 0 saturated carbocycles. The monoisotopic (exact) mass is 313 g/mol. The Hall–Kier alpha value is -1.56. The average molecular weight is 313 g/mol. The summed E-state index contributed by atoms with van der Waals surface area (Å²) in [5.74, 6) is -0.466. The second kappa shape index (κ2) is 6.28. The molecular weight excluding hydrogens is 286 g/mol. The highest BCUT2D eigenvalue weighted by Gasteiger charge is 2.45. The lowest BCUT2D eigenvalue weighted by Crippen LogP contribution is -2.58. The van der Waals surface area contributed by atoms with Gasteiger partial charge in [0.25, 0.3) is 0 Å². The SMILES string of the molecule is CC(C)(C)OC(=O)C=CC1(C(C)(C)C)CN(C(=O)O)CCO1. The Morgan fingerprint density at radius 1 is 1.23 bits per heavy atom. The third-order valence-electron chi connectivity index (χ3n) is 3.58. The number of morpholine rings is 1. The third-order valence-corrected chi connectivity index (χ3v) is 3.58. The van der Waals surface area contributed by atoms with Gasteiger partial charge in [-0.05, 0) is 32.3 Å². The van der Waals surface area contributed by atoms with Crippen LogP contribution in [-0.2, 0) is 14.3 Å². The molecule has 6 nitrogen and oxygen atoms in total. The first kappa shape index (κ1) is 18.5. The van der Waals surface area contributed by atoms with Crippen molar-refractivity contribution >= 4 is 12.1 Å². The molecule has 22 heavy (non-hydrogen) atoms. The van der Waals surface area contributed by atoms with E-state index in [1.54, 1.807) is 26.8 Å². The zero-order chi connectivity index (χ0) is 17.2. The minimum absolute atomic E-state index is 0.186. The van der Waals surface area contributed by atoms with Crippen molar-refractivity contribution in [1.29, 1.82) is 0 Å². The molecule has 1 fully saturated rings. The van der Waals surface area contributed by atoms with Crippen LogP contribution < -0.4 is 0 Å². The predicted octanol–water partition coefficient (Wildman–Crippen LogP) is 2.68. The quantitative estimate of drug-likeness (QED) is 0.626. The van der Waals surface area contributed by atoms with Gasteiger partial charge in [0, 0.05) is 12.6 Å². The second-order valence-electron chi connectivity index (χ2n) is 7.56. The van der Waals surface area contributed by atoms with Gasteiger partial charge in [-0.1, -0.05) is 20.8 Å². The molecule has 0 aliphatic carbocycles. The maximum Gasteiger partial charge on any atom is 0.407 e. The van der Waals surface area contributed by atoms with Crippen LogP contribution >= 0.6 is 0 Å². The molecule has 0 aromatic heterocycles. The third kappa shape index (κ3) is 4.73. The fraction of sp³-hybridized carbons (Fsp3) is 0.750. The van der Waals surface area contributed by atoms with Gasteiger partial charge in [-0.2, -0.15) is 0 Å². The van der Waals surface area contributed by atoms with Crippen LogP contribution in [0.1, 0.15) is 41.5 Å². The van der Waals surface area contributed by atoms with E-state index in [9.17, 15) is 14.7 Å². The molecule has 1 aliphatic heterocycles. The second-order valence-corrected chi connectivity index (χ2v) is 7.56. The highest BCUT2D eigenvalue weighted by molar-refractivity contribution is 5.82. The minimum atomic E-state index is -0.984. The van der Waals surface area contributed by atoms with Crippen molar-refractivity contribution in [1.82, 2.24) is 4.90 Å². The summed E-state index contributed by atoms with van der Waals surface area (Å²) in [6.45, 7) is 12.1. The fourth-order valence-corrected chi connectivity index (χ4v) is 2.25. The minimum Gasteiger partial charge on any atom is -0.465 e. The van der Waals surface area contributed by atoms with E-state index in [1.807, 2.05) is 20.8 Å². The summed E-state index contributed by atoms with van der Waals surface area (Å²) in [4.78, 5) is 24.5. The fourth-order valence-electron chi connectivity index (χ4n) is 2.25. The molecule has 0 aromatic carbocycles.